The van der Waals surface area contributed by atoms with Gasteiger partial charge in [0.15, 0.2) is 0 Å². The second-order valence-corrected chi connectivity index (χ2v) is 4.48. The summed E-state index contributed by atoms with van der Waals surface area (Å²) in [5.41, 5.74) is 0. The minimum absolute atomic E-state index is 0.0324. The van der Waals surface area contributed by atoms with Crippen molar-refractivity contribution in [2.75, 3.05) is 25.6 Å². The molecule has 0 amide bonds. The molecular weight excluding hydrogens is 164 g/mol. The van der Waals surface area contributed by atoms with Crippen LogP contribution in [0.25, 0.3) is 0 Å². The molecule has 0 saturated carbocycles. The van der Waals surface area contributed by atoms with Gasteiger partial charge < -0.3 is 9.47 Å². The molecule has 1 spiro atoms. The standard InChI is InChI=1S/C7H10O3S/c8-6-3-7(5-10-6)4-9-1-2-11-7/h1-5H2/t7-/m1/s1. The zero-order valence-electron chi connectivity index (χ0n) is 6.17. The summed E-state index contributed by atoms with van der Waals surface area (Å²) in [4.78, 5) is 10.8. The first-order valence-electron chi connectivity index (χ1n) is 3.68. The van der Waals surface area contributed by atoms with E-state index in [0.29, 0.717) is 19.6 Å². The Morgan fingerprint density at radius 3 is 2.91 bits per heavy atom. The Kier molecular flexibility index (Phi) is 1.81. The third-order valence-corrected chi connectivity index (χ3v) is 3.33. The Hall–Kier alpha value is -0.220. The van der Waals surface area contributed by atoms with E-state index in [-0.39, 0.29) is 10.7 Å². The normalized spacial score (nSPS) is 37.6. The van der Waals surface area contributed by atoms with E-state index in [4.69, 9.17) is 9.47 Å². The van der Waals surface area contributed by atoms with Crippen molar-refractivity contribution in [3.8, 4) is 0 Å². The lowest BCUT2D eigenvalue weighted by molar-refractivity contribution is -0.137. The van der Waals surface area contributed by atoms with Gasteiger partial charge >= 0.3 is 5.97 Å². The number of cyclic esters (lactones) is 1. The Morgan fingerprint density at radius 2 is 2.36 bits per heavy atom. The largest absolute Gasteiger partial charge is 0.464 e. The van der Waals surface area contributed by atoms with E-state index < -0.39 is 0 Å². The van der Waals surface area contributed by atoms with Crippen molar-refractivity contribution in [2.24, 2.45) is 0 Å². The number of esters is 1. The predicted molar refractivity (Wildman–Crippen MR) is 41.6 cm³/mol. The van der Waals surface area contributed by atoms with Gasteiger partial charge in [0.05, 0.1) is 24.4 Å². The molecule has 2 saturated heterocycles. The maximum absolute atomic E-state index is 10.8. The summed E-state index contributed by atoms with van der Waals surface area (Å²) in [6.45, 7) is 2.01. The number of carbonyl (C=O) groups is 1. The molecule has 0 aromatic heterocycles. The predicted octanol–water partition coefficient (Wildman–Crippen LogP) is 0.435. The fourth-order valence-corrected chi connectivity index (χ4v) is 2.54. The zero-order chi connectivity index (χ0) is 7.73. The van der Waals surface area contributed by atoms with Gasteiger partial charge in [-0.15, -0.1) is 11.8 Å². The van der Waals surface area contributed by atoms with Crippen LogP contribution in [0.15, 0.2) is 0 Å². The van der Waals surface area contributed by atoms with Crippen molar-refractivity contribution in [2.45, 2.75) is 11.2 Å². The first-order valence-corrected chi connectivity index (χ1v) is 4.67. The number of thioether (sulfide) groups is 1. The van der Waals surface area contributed by atoms with E-state index in [9.17, 15) is 4.79 Å². The van der Waals surface area contributed by atoms with Crippen LogP contribution >= 0.6 is 11.8 Å². The Labute approximate surface area is 69.4 Å². The molecule has 2 rings (SSSR count). The van der Waals surface area contributed by atoms with E-state index >= 15 is 0 Å². The van der Waals surface area contributed by atoms with Crippen molar-refractivity contribution in [3.63, 3.8) is 0 Å². The van der Waals surface area contributed by atoms with Crippen molar-refractivity contribution in [3.05, 3.63) is 0 Å². The Bertz CT molecular complexity index is 175. The molecule has 4 heteroatoms. The minimum atomic E-state index is -0.0806. The molecule has 3 nitrogen and oxygen atoms in total. The van der Waals surface area contributed by atoms with Crippen LogP contribution in [-0.4, -0.2) is 36.3 Å². The highest BCUT2D eigenvalue weighted by Crippen LogP contribution is 2.37. The third kappa shape index (κ3) is 1.37. The molecule has 62 valence electrons. The summed E-state index contributed by atoms with van der Waals surface area (Å²) < 4.78 is 10.2. The van der Waals surface area contributed by atoms with Crippen LogP contribution in [0, 0.1) is 0 Å². The lowest BCUT2D eigenvalue weighted by Gasteiger charge is -2.29. The highest BCUT2D eigenvalue weighted by Gasteiger charge is 2.42. The summed E-state index contributed by atoms with van der Waals surface area (Å²) in [5.74, 6) is 0.902. The maximum Gasteiger partial charge on any atom is 0.307 e. The number of ether oxygens (including phenoxy) is 2. The van der Waals surface area contributed by atoms with E-state index in [0.717, 1.165) is 12.4 Å². The zero-order valence-corrected chi connectivity index (χ0v) is 6.99. The third-order valence-electron chi connectivity index (χ3n) is 1.96. The van der Waals surface area contributed by atoms with Crippen molar-refractivity contribution < 1.29 is 14.3 Å². The van der Waals surface area contributed by atoms with Gasteiger partial charge in [-0.1, -0.05) is 0 Å². The summed E-state index contributed by atoms with van der Waals surface area (Å²) >= 11 is 1.81. The van der Waals surface area contributed by atoms with E-state index in [1.165, 1.54) is 0 Å². The molecule has 2 fully saturated rings. The fourth-order valence-electron chi connectivity index (χ4n) is 1.38. The molecule has 2 aliphatic rings. The van der Waals surface area contributed by atoms with Gasteiger partial charge in [-0.2, -0.15) is 0 Å². The van der Waals surface area contributed by atoms with Crippen LogP contribution in [0.2, 0.25) is 0 Å². The molecule has 0 unspecified atom stereocenters. The van der Waals surface area contributed by atoms with E-state index in [1.54, 1.807) is 11.8 Å². The van der Waals surface area contributed by atoms with Crippen molar-refractivity contribution in [1.82, 2.24) is 0 Å². The Morgan fingerprint density at radius 1 is 1.45 bits per heavy atom. The molecular formula is C7H10O3S. The van der Waals surface area contributed by atoms with Gasteiger partial charge in [-0.05, 0) is 0 Å². The van der Waals surface area contributed by atoms with Crippen LogP contribution in [0.4, 0.5) is 0 Å². The molecule has 0 bridgehead atoms. The maximum atomic E-state index is 10.8. The number of rotatable bonds is 0. The second kappa shape index (κ2) is 2.68. The van der Waals surface area contributed by atoms with Gasteiger partial charge in [0.25, 0.3) is 0 Å². The minimum Gasteiger partial charge on any atom is -0.464 e. The SMILES string of the molecule is O=C1C[C@@]2(COCCS2)CO1. The molecule has 2 heterocycles. The van der Waals surface area contributed by atoms with E-state index in [1.807, 2.05) is 0 Å². The highest BCUT2D eigenvalue weighted by atomic mass is 32.2. The first-order chi connectivity index (χ1) is 5.31. The molecule has 0 aliphatic carbocycles. The lowest BCUT2D eigenvalue weighted by atomic mass is 10.1. The van der Waals surface area contributed by atoms with Crippen LogP contribution in [0.3, 0.4) is 0 Å². The summed E-state index contributed by atoms with van der Waals surface area (Å²) in [7, 11) is 0. The topological polar surface area (TPSA) is 35.5 Å². The van der Waals surface area contributed by atoms with Crippen LogP contribution in [0.1, 0.15) is 6.42 Å². The molecule has 2 aliphatic heterocycles. The average Bonchev–Trinajstić information content (AvgIpc) is 2.34. The fraction of sp³-hybridized carbons (Fsp3) is 0.857. The average molecular weight is 174 g/mol. The first kappa shape index (κ1) is 7.43. The number of carbonyl (C=O) groups excluding carboxylic acids is 1. The molecule has 0 aromatic rings. The molecule has 0 radical (unpaired) electrons. The monoisotopic (exact) mass is 174 g/mol. The van der Waals surface area contributed by atoms with Gasteiger partial charge in [-0.3, -0.25) is 4.79 Å². The number of hydrogen-bond donors (Lipinski definition) is 0. The van der Waals surface area contributed by atoms with Crippen molar-refractivity contribution >= 4 is 17.7 Å². The van der Waals surface area contributed by atoms with Crippen LogP contribution in [0.5, 0.6) is 0 Å². The quantitative estimate of drug-likeness (QED) is 0.499. The summed E-state index contributed by atoms with van der Waals surface area (Å²) in [6.07, 6.45) is 0.525. The Balaban J connectivity index is 2.03. The molecule has 11 heavy (non-hydrogen) atoms. The summed E-state index contributed by atoms with van der Waals surface area (Å²) in [5, 5.41) is 0. The van der Waals surface area contributed by atoms with Gasteiger partial charge in [-0.25, -0.2) is 0 Å². The van der Waals surface area contributed by atoms with E-state index in [2.05, 4.69) is 0 Å². The second-order valence-electron chi connectivity index (χ2n) is 2.92. The highest BCUT2D eigenvalue weighted by molar-refractivity contribution is 8.00. The molecule has 0 aromatic carbocycles. The molecule has 0 N–H and O–H groups in total. The van der Waals surface area contributed by atoms with Crippen LogP contribution < -0.4 is 0 Å². The van der Waals surface area contributed by atoms with Gasteiger partial charge in [0.2, 0.25) is 0 Å². The van der Waals surface area contributed by atoms with Crippen LogP contribution in [-0.2, 0) is 14.3 Å². The smallest absolute Gasteiger partial charge is 0.307 e. The molecule has 1 atom stereocenters. The van der Waals surface area contributed by atoms with Gasteiger partial charge in [0.1, 0.15) is 6.61 Å². The number of hydrogen-bond acceptors (Lipinski definition) is 4. The van der Waals surface area contributed by atoms with Crippen molar-refractivity contribution in [1.29, 1.82) is 0 Å². The summed E-state index contributed by atoms with van der Waals surface area (Å²) in [6, 6.07) is 0. The van der Waals surface area contributed by atoms with Gasteiger partial charge in [0, 0.05) is 5.75 Å². The lowest BCUT2D eigenvalue weighted by Crippen LogP contribution is -2.36.